The van der Waals surface area contributed by atoms with Gasteiger partial charge in [-0.15, -0.1) is 0 Å². The minimum atomic E-state index is -0.0582. The molecule has 1 aromatic rings. The predicted octanol–water partition coefficient (Wildman–Crippen LogP) is 3.30. The second kappa shape index (κ2) is 7.27. The van der Waals surface area contributed by atoms with Crippen molar-refractivity contribution in [2.24, 2.45) is 5.41 Å². The van der Waals surface area contributed by atoms with Crippen LogP contribution in [-0.2, 0) is 0 Å². The molecule has 0 heterocycles. The maximum atomic E-state index is 9.34. The van der Waals surface area contributed by atoms with Crippen molar-refractivity contribution in [1.82, 2.24) is 0 Å². The normalized spacial score (nSPS) is 14.0. The van der Waals surface area contributed by atoms with Gasteiger partial charge in [0.25, 0.3) is 0 Å². The van der Waals surface area contributed by atoms with Crippen molar-refractivity contribution in [3.05, 3.63) is 24.3 Å². The molecular weight excluding hydrogens is 226 g/mol. The first-order valence-electron chi connectivity index (χ1n) is 6.71. The van der Waals surface area contributed by atoms with Gasteiger partial charge in [0.2, 0.25) is 0 Å². The number of aliphatic hydroxyl groups is 1. The molecule has 0 fully saturated rings. The van der Waals surface area contributed by atoms with Gasteiger partial charge in [-0.3, -0.25) is 0 Å². The van der Waals surface area contributed by atoms with Crippen LogP contribution in [0.2, 0.25) is 0 Å². The molecule has 2 N–H and O–H groups in total. The molecule has 0 aliphatic carbocycles. The van der Waals surface area contributed by atoms with Crippen LogP contribution in [0.4, 0.5) is 5.69 Å². The van der Waals surface area contributed by atoms with E-state index in [0.29, 0.717) is 0 Å². The van der Waals surface area contributed by atoms with Crippen molar-refractivity contribution >= 4 is 5.69 Å². The van der Waals surface area contributed by atoms with Crippen molar-refractivity contribution in [2.75, 3.05) is 25.1 Å². The van der Waals surface area contributed by atoms with E-state index < -0.39 is 0 Å². The fourth-order valence-electron chi connectivity index (χ4n) is 1.50. The molecule has 0 aliphatic heterocycles. The number of nitrogens with one attached hydrogen (secondary N) is 1. The third kappa shape index (κ3) is 4.57. The molecule has 0 amide bonds. The van der Waals surface area contributed by atoms with Gasteiger partial charge >= 0.3 is 0 Å². The van der Waals surface area contributed by atoms with Gasteiger partial charge in [0.05, 0.1) is 13.2 Å². The SMILES string of the molecule is CCCOc1ccc(NCC(C)(CC)CO)cc1. The fraction of sp³-hybridized carbons (Fsp3) is 0.600. The number of aliphatic hydroxyl groups excluding tert-OH is 1. The molecule has 0 saturated heterocycles. The van der Waals surface area contributed by atoms with Gasteiger partial charge in [0.1, 0.15) is 5.75 Å². The maximum absolute atomic E-state index is 9.34. The molecule has 1 unspecified atom stereocenters. The van der Waals surface area contributed by atoms with E-state index in [-0.39, 0.29) is 12.0 Å². The summed E-state index contributed by atoms with van der Waals surface area (Å²) >= 11 is 0. The van der Waals surface area contributed by atoms with E-state index in [1.807, 2.05) is 24.3 Å². The van der Waals surface area contributed by atoms with Crippen molar-refractivity contribution < 1.29 is 9.84 Å². The van der Waals surface area contributed by atoms with Gasteiger partial charge in [-0.05, 0) is 37.1 Å². The number of hydrogen-bond donors (Lipinski definition) is 2. The monoisotopic (exact) mass is 251 g/mol. The zero-order valence-electron chi connectivity index (χ0n) is 11.7. The van der Waals surface area contributed by atoms with E-state index in [0.717, 1.165) is 37.4 Å². The van der Waals surface area contributed by atoms with Crippen LogP contribution < -0.4 is 10.1 Å². The summed E-state index contributed by atoms with van der Waals surface area (Å²) in [5, 5.41) is 12.7. The molecule has 3 nitrogen and oxygen atoms in total. The van der Waals surface area contributed by atoms with Gasteiger partial charge < -0.3 is 15.2 Å². The van der Waals surface area contributed by atoms with E-state index in [2.05, 4.69) is 26.1 Å². The highest BCUT2D eigenvalue weighted by molar-refractivity contribution is 5.46. The first-order chi connectivity index (χ1) is 8.63. The first-order valence-corrected chi connectivity index (χ1v) is 6.71. The number of hydrogen-bond acceptors (Lipinski definition) is 3. The highest BCUT2D eigenvalue weighted by Crippen LogP contribution is 2.22. The molecule has 0 aliphatic rings. The number of rotatable bonds is 8. The van der Waals surface area contributed by atoms with E-state index >= 15 is 0 Å². The molecule has 18 heavy (non-hydrogen) atoms. The third-order valence-electron chi connectivity index (χ3n) is 3.28. The number of ether oxygens (including phenoxy) is 1. The molecule has 3 heteroatoms. The lowest BCUT2D eigenvalue weighted by atomic mass is 9.88. The average molecular weight is 251 g/mol. The highest BCUT2D eigenvalue weighted by atomic mass is 16.5. The zero-order chi connectivity index (χ0) is 13.4. The third-order valence-corrected chi connectivity index (χ3v) is 3.28. The molecule has 0 saturated carbocycles. The Morgan fingerprint density at radius 1 is 1.22 bits per heavy atom. The summed E-state index contributed by atoms with van der Waals surface area (Å²) in [5.41, 5.74) is 1.00. The summed E-state index contributed by atoms with van der Waals surface area (Å²) in [5.74, 6) is 0.905. The molecule has 1 atom stereocenters. The molecule has 0 spiro atoms. The molecule has 102 valence electrons. The summed E-state index contributed by atoms with van der Waals surface area (Å²) in [4.78, 5) is 0. The van der Waals surface area contributed by atoms with Gasteiger partial charge in [-0.2, -0.15) is 0 Å². The van der Waals surface area contributed by atoms with Crippen LogP contribution in [0.3, 0.4) is 0 Å². The largest absolute Gasteiger partial charge is 0.494 e. The van der Waals surface area contributed by atoms with Crippen LogP contribution in [0.25, 0.3) is 0 Å². The van der Waals surface area contributed by atoms with E-state index in [1.54, 1.807) is 0 Å². The van der Waals surface area contributed by atoms with Crippen molar-refractivity contribution in [3.63, 3.8) is 0 Å². The van der Waals surface area contributed by atoms with Gasteiger partial charge in [-0.1, -0.05) is 20.8 Å². The molecule has 1 aromatic carbocycles. The predicted molar refractivity (Wildman–Crippen MR) is 76.2 cm³/mol. The quantitative estimate of drug-likeness (QED) is 0.745. The highest BCUT2D eigenvalue weighted by Gasteiger charge is 2.20. The van der Waals surface area contributed by atoms with Crippen LogP contribution in [0.1, 0.15) is 33.6 Å². The Balaban J connectivity index is 2.48. The minimum absolute atomic E-state index is 0.0582. The fourth-order valence-corrected chi connectivity index (χ4v) is 1.50. The second-order valence-electron chi connectivity index (χ2n) is 5.05. The molecule has 0 aromatic heterocycles. The number of anilines is 1. The first kappa shape index (κ1) is 14.8. The van der Waals surface area contributed by atoms with E-state index in [1.165, 1.54) is 0 Å². The van der Waals surface area contributed by atoms with Crippen LogP contribution in [-0.4, -0.2) is 24.9 Å². The summed E-state index contributed by atoms with van der Waals surface area (Å²) in [6, 6.07) is 7.97. The maximum Gasteiger partial charge on any atom is 0.119 e. The topological polar surface area (TPSA) is 41.5 Å². The van der Waals surface area contributed by atoms with Crippen LogP contribution in [0, 0.1) is 5.41 Å². The summed E-state index contributed by atoms with van der Waals surface area (Å²) < 4.78 is 5.53. The van der Waals surface area contributed by atoms with Gasteiger partial charge in [0.15, 0.2) is 0 Å². The Kier molecular flexibility index (Phi) is 5.99. The Morgan fingerprint density at radius 2 is 1.89 bits per heavy atom. The van der Waals surface area contributed by atoms with Crippen LogP contribution in [0.15, 0.2) is 24.3 Å². The molecular formula is C15H25NO2. The lowest BCUT2D eigenvalue weighted by Gasteiger charge is -2.26. The van der Waals surface area contributed by atoms with Crippen LogP contribution in [0.5, 0.6) is 5.75 Å². The van der Waals surface area contributed by atoms with Crippen molar-refractivity contribution in [2.45, 2.75) is 33.6 Å². The summed E-state index contributed by atoms with van der Waals surface area (Å²) in [7, 11) is 0. The standard InChI is InChI=1S/C15H25NO2/c1-4-10-18-14-8-6-13(7-9-14)16-11-15(3,5-2)12-17/h6-9,16-17H,4-5,10-12H2,1-3H3. The zero-order valence-corrected chi connectivity index (χ0v) is 11.7. The smallest absolute Gasteiger partial charge is 0.119 e. The Morgan fingerprint density at radius 3 is 2.39 bits per heavy atom. The summed E-state index contributed by atoms with van der Waals surface area (Å²) in [6.07, 6.45) is 1.97. The Labute approximate surface area is 110 Å². The molecule has 1 rings (SSSR count). The number of benzene rings is 1. The average Bonchev–Trinajstić information content (AvgIpc) is 2.43. The second-order valence-corrected chi connectivity index (χ2v) is 5.05. The lowest BCUT2D eigenvalue weighted by molar-refractivity contribution is 0.149. The molecule has 0 bridgehead atoms. The van der Waals surface area contributed by atoms with E-state index in [4.69, 9.17) is 4.74 Å². The van der Waals surface area contributed by atoms with Crippen LogP contribution >= 0.6 is 0 Å². The van der Waals surface area contributed by atoms with Crippen molar-refractivity contribution in [3.8, 4) is 5.75 Å². The Hall–Kier alpha value is -1.22. The summed E-state index contributed by atoms with van der Waals surface area (Å²) in [6.45, 7) is 8.00. The van der Waals surface area contributed by atoms with Gasteiger partial charge in [-0.25, -0.2) is 0 Å². The Bertz CT molecular complexity index is 331. The minimum Gasteiger partial charge on any atom is -0.494 e. The molecule has 0 radical (unpaired) electrons. The lowest BCUT2D eigenvalue weighted by Crippen LogP contribution is -2.29. The van der Waals surface area contributed by atoms with Crippen molar-refractivity contribution in [1.29, 1.82) is 0 Å². The van der Waals surface area contributed by atoms with Gasteiger partial charge in [0, 0.05) is 17.6 Å². The van der Waals surface area contributed by atoms with E-state index in [9.17, 15) is 5.11 Å².